The van der Waals surface area contributed by atoms with E-state index >= 15 is 0 Å². The average Bonchev–Trinajstić information content (AvgIpc) is 2.73. The quantitative estimate of drug-likeness (QED) is 0.872. The maximum Gasteiger partial charge on any atom is 0.322 e. The summed E-state index contributed by atoms with van der Waals surface area (Å²) in [6.07, 6.45) is 0.972. The van der Waals surface area contributed by atoms with Crippen LogP contribution in [0.25, 0.3) is 0 Å². The summed E-state index contributed by atoms with van der Waals surface area (Å²) in [6.45, 7) is 5.09. The van der Waals surface area contributed by atoms with Gasteiger partial charge in [-0.1, -0.05) is 25.1 Å². The van der Waals surface area contributed by atoms with E-state index in [1.54, 1.807) is 0 Å². The van der Waals surface area contributed by atoms with Gasteiger partial charge in [-0.2, -0.15) is 0 Å². The summed E-state index contributed by atoms with van der Waals surface area (Å²) < 4.78 is 0. The van der Waals surface area contributed by atoms with Gasteiger partial charge >= 0.3 is 6.03 Å². The van der Waals surface area contributed by atoms with Crippen LogP contribution in [0.15, 0.2) is 30.3 Å². The fraction of sp³-hybridized carbons (Fsp3) is 0.462. The molecule has 1 heterocycles. The number of nitrogens with zero attached hydrogens (tertiary/aromatic N) is 1. The molecule has 92 valence electrons. The molecule has 2 amide bonds. The molecule has 1 fully saturated rings. The molecular formula is C13H18N2OS. The molecule has 0 radical (unpaired) electrons. The smallest absolute Gasteiger partial charge is 0.309 e. The van der Waals surface area contributed by atoms with Gasteiger partial charge in [-0.05, 0) is 25.5 Å². The SMILES string of the molecule is CCC1(C)SCCN1C(=O)Nc1ccccc1. The summed E-state index contributed by atoms with van der Waals surface area (Å²) >= 11 is 1.86. The average molecular weight is 250 g/mol. The fourth-order valence-electron chi connectivity index (χ4n) is 1.99. The van der Waals surface area contributed by atoms with Crippen molar-refractivity contribution in [3.05, 3.63) is 30.3 Å². The van der Waals surface area contributed by atoms with Gasteiger partial charge in [0.15, 0.2) is 0 Å². The van der Waals surface area contributed by atoms with Gasteiger partial charge in [0.1, 0.15) is 0 Å². The second kappa shape index (κ2) is 5.00. The molecule has 0 aromatic heterocycles. The molecule has 17 heavy (non-hydrogen) atoms. The Morgan fingerprint density at radius 2 is 2.18 bits per heavy atom. The number of carbonyl (C=O) groups is 1. The zero-order valence-corrected chi connectivity index (χ0v) is 11.1. The molecule has 4 heteroatoms. The van der Waals surface area contributed by atoms with E-state index in [1.807, 2.05) is 47.0 Å². The van der Waals surface area contributed by atoms with E-state index in [4.69, 9.17) is 0 Å². The Bertz CT molecular complexity index is 396. The highest BCUT2D eigenvalue weighted by atomic mass is 32.2. The maximum absolute atomic E-state index is 12.2. The van der Waals surface area contributed by atoms with Gasteiger partial charge in [0.05, 0.1) is 4.87 Å². The summed E-state index contributed by atoms with van der Waals surface area (Å²) in [5.74, 6) is 1.02. The number of anilines is 1. The molecule has 0 bridgehead atoms. The molecule has 1 N–H and O–H groups in total. The van der Waals surface area contributed by atoms with Crippen LogP contribution in [0.5, 0.6) is 0 Å². The van der Waals surface area contributed by atoms with E-state index < -0.39 is 0 Å². The van der Waals surface area contributed by atoms with Crippen LogP contribution in [-0.2, 0) is 0 Å². The van der Waals surface area contributed by atoms with Gasteiger partial charge in [-0.15, -0.1) is 11.8 Å². The number of urea groups is 1. The van der Waals surface area contributed by atoms with Crippen LogP contribution in [-0.4, -0.2) is 28.1 Å². The predicted octanol–water partition coefficient (Wildman–Crippen LogP) is 3.39. The number of thioether (sulfide) groups is 1. The number of hydrogen-bond acceptors (Lipinski definition) is 2. The second-order valence-corrected chi connectivity index (χ2v) is 5.90. The van der Waals surface area contributed by atoms with Crippen molar-refractivity contribution in [1.29, 1.82) is 0 Å². The first-order valence-corrected chi connectivity index (χ1v) is 6.92. The van der Waals surface area contributed by atoms with E-state index in [9.17, 15) is 4.79 Å². The molecular weight excluding hydrogens is 232 g/mol. The zero-order chi connectivity index (χ0) is 12.3. The molecule has 2 rings (SSSR count). The van der Waals surface area contributed by atoms with Crippen LogP contribution in [0.4, 0.5) is 10.5 Å². The van der Waals surface area contributed by atoms with E-state index in [0.29, 0.717) is 0 Å². The minimum Gasteiger partial charge on any atom is -0.309 e. The minimum atomic E-state index is -0.0567. The van der Waals surface area contributed by atoms with Crippen molar-refractivity contribution in [3.63, 3.8) is 0 Å². The Morgan fingerprint density at radius 3 is 2.82 bits per heavy atom. The van der Waals surface area contributed by atoms with Crippen LogP contribution in [0.2, 0.25) is 0 Å². The molecule has 1 aliphatic rings. The van der Waals surface area contributed by atoms with Gasteiger partial charge in [-0.25, -0.2) is 4.79 Å². The van der Waals surface area contributed by atoms with Crippen LogP contribution < -0.4 is 5.32 Å². The number of carbonyl (C=O) groups excluding carboxylic acids is 1. The van der Waals surface area contributed by atoms with E-state index in [-0.39, 0.29) is 10.9 Å². The summed E-state index contributed by atoms with van der Waals surface area (Å²) in [5.41, 5.74) is 0.854. The monoisotopic (exact) mass is 250 g/mol. The number of benzene rings is 1. The van der Waals surface area contributed by atoms with E-state index in [2.05, 4.69) is 19.2 Å². The van der Waals surface area contributed by atoms with Crippen molar-refractivity contribution < 1.29 is 4.79 Å². The van der Waals surface area contributed by atoms with Gasteiger partial charge in [0, 0.05) is 18.0 Å². The summed E-state index contributed by atoms with van der Waals surface area (Å²) in [6, 6.07) is 9.61. The lowest BCUT2D eigenvalue weighted by atomic mass is 10.2. The molecule has 0 aliphatic carbocycles. The van der Waals surface area contributed by atoms with Crippen LogP contribution in [0, 0.1) is 0 Å². The van der Waals surface area contributed by atoms with Crippen LogP contribution in [0.3, 0.4) is 0 Å². The van der Waals surface area contributed by atoms with Crippen molar-refractivity contribution >= 4 is 23.5 Å². The van der Waals surface area contributed by atoms with Crippen LogP contribution in [0.1, 0.15) is 20.3 Å². The molecule has 0 saturated carbocycles. The Morgan fingerprint density at radius 1 is 1.47 bits per heavy atom. The Kier molecular flexibility index (Phi) is 3.62. The molecule has 1 aromatic rings. The van der Waals surface area contributed by atoms with Gasteiger partial charge in [0.2, 0.25) is 0 Å². The first-order chi connectivity index (χ1) is 8.15. The lowest BCUT2D eigenvalue weighted by Gasteiger charge is -2.33. The predicted molar refractivity (Wildman–Crippen MR) is 73.3 cm³/mol. The molecule has 1 atom stereocenters. The number of hydrogen-bond donors (Lipinski definition) is 1. The van der Waals surface area contributed by atoms with Gasteiger partial charge < -0.3 is 10.2 Å². The van der Waals surface area contributed by atoms with Crippen molar-refractivity contribution in [2.45, 2.75) is 25.1 Å². The van der Waals surface area contributed by atoms with E-state index in [1.165, 1.54) is 0 Å². The number of para-hydroxylation sites is 1. The minimum absolute atomic E-state index is 0.00514. The third-order valence-corrected chi connectivity index (χ3v) is 4.74. The summed E-state index contributed by atoms with van der Waals surface area (Å²) in [7, 11) is 0. The molecule has 1 aromatic carbocycles. The summed E-state index contributed by atoms with van der Waals surface area (Å²) in [5, 5.41) is 2.95. The Hall–Kier alpha value is -1.16. The molecule has 0 spiro atoms. The zero-order valence-electron chi connectivity index (χ0n) is 10.3. The molecule has 1 saturated heterocycles. The largest absolute Gasteiger partial charge is 0.322 e. The topological polar surface area (TPSA) is 32.3 Å². The summed E-state index contributed by atoms with van der Waals surface area (Å²) in [4.78, 5) is 14.1. The standard InChI is InChI=1S/C13H18N2OS/c1-3-13(2)15(9-10-17-13)12(16)14-11-7-5-4-6-8-11/h4-8H,3,9-10H2,1-2H3,(H,14,16). The molecule has 1 aliphatic heterocycles. The third-order valence-electron chi connectivity index (χ3n) is 3.23. The molecule has 3 nitrogen and oxygen atoms in total. The van der Waals surface area contributed by atoms with Crippen LogP contribution >= 0.6 is 11.8 Å². The first kappa shape index (κ1) is 12.3. The Balaban J connectivity index is 2.06. The van der Waals surface area contributed by atoms with Gasteiger partial charge in [-0.3, -0.25) is 0 Å². The van der Waals surface area contributed by atoms with Crippen molar-refractivity contribution in [2.24, 2.45) is 0 Å². The normalized spacial score (nSPS) is 23.8. The highest BCUT2D eigenvalue weighted by Gasteiger charge is 2.38. The third kappa shape index (κ3) is 2.57. The molecule has 1 unspecified atom stereocenters. The second-order valence-electron chi connectivity index (χ2n) is 4.32. The lowest BCUT2D eigenvalue weighted by Crippen LogP contribution is -2.45. The highest BCUT2D eigenvalue weighted by molar-refractivity contribution is 8.00. The van der Waals surface area contributed by atoms with Crippen molar-refractivity contribution in [1.82, 2.24) is 4.90 Å². The Labute approximate surface area is 107 Å². The fourth-order valence-corrected chi connectivity index (χ4v) is 3.24. The number of nitrogens with one attached hydrogen (secondary N) is 1. The number of rotatable bonds is 2. The van der Waals surface area contributed by atoms with Crippen molar-refractivity contribution in [2.75, 3.05) is 17.6 Å². The highest BCUT2D eigenvalue weighted by Crippen LogP contribution is 2.38. The maximum atomic E-state index is 12.2. The van der Waals surface area contributed by atoms with Gasteiger partial charge in [0.25, 0.3) is 0 Å². The lowest BCUT2D eigenvalue weighted by molar-refractivity contribution is 0.191. The first-order valence-electron chi connectivity index (χ1n) is 5.93. The van der Waals surface area contributed by atoms with Crippen molar-refractivity contribution in [3.8, 4) is 0 Å². The number of amides is 2. The van der Waals surface area contributed by atoms with E-state index in [0.717, 1.165) is 24.4 Å².